The predicted molar refractivity (Wildman–Crippen MR) is 122 cm³/mol. The maximum atomic E-state index is 14.0. The number of anilines is 2. The van der Waals surface area contributed by atoms with Crippen LogP contribution in [0, 0.1) is 6.92 Å². The van der Waals surface area contributed by atoms with Crippen molar-refractivity contribution in [3.8, 4) is 0 Å². The van der Waals surface area contributed by atoms with Crippen molar-refractivity contribution in [2.24, 2.45) is 0 Å². The van der Waals surface area contributed by atoms with Crippen molar-refractivity contribution >= 4 is 46.6 Å². The summed E-state index contributed by atoms with van der Waals surface area (Å²) in [6.45, 7) is 2.36. The number of nitrogens with zero attached hydrogens (tertiary/aromatic N) is 2. The standard InChI is InChI=1S/C24H19ClN2O2S/c1-16-10-12-18(13-11-16)27-22(28)15-30-24(27)19-7-3-5-9-21(19)26(23(24)29)14-17-6-2-4-8-20(17)25/h2-13H,14-15H2,1H3/t24-/m1/s1. The van der Waals surface area contributed by atoms with Crippen LogP contribution in [0.3, 0.4) is 0 Å². The zero-order valence-corrected chi connectivity index (χ0v) is 17.9. The minimum absolute atomic E-state index is 0.0633. The van der Waals surface area contributed by atoms with Crippen LogP contribution in [0.5, 0.6) is 0 Å². The van der Waals surface area contributed by atoms with E-state index in [-0.39, 0.29) is 17.6 Å². The molecule has 0 saturated carbocycles. The Labute approximate surface area is 184 Å². The minimum atomic E-state index is -1.09. The summed E-state index contributed by atoms with van der Waals surface area (Å²) in [4.78, 5) is 29.3. The van der Waals surface area contributed by atoms with Crippen molar-refractivity contribution in [3.05, 3.63) is 94.5 Å². The Morgan fingerprint density at radius 2 is 1.67 bits per heavy atom. The average Bonchev–Trinajstić information content (AvgIpc) is 3.22. The molecular formula is C24H19ClN2O2S. The Balaban J connectivity index is 1.65. The van der Waals surface area contributed by atoms with E-state index >= 15 is 0 Å². The molecule has 5 rings (SSSR count). The van der Waals surface area contributed by atoms with Crippen LogP contribution in [0.1, 0.15) is 16.7 Å². The van der Waals surface area contributed by atoms with E-state index in [1.165, 1.54) is 11.8 Å². The van der Waals surface area contributed by atoms with Gasteiger partial charge in [0.1, 0.15) is 0 Å². The van der Waals surface area contributed by atoms with Crippen LogP contribution in [-0.2, 0) is 21.0 Å². The second-order valence-corrected chi connectivity index (χ2v) is 9.07. The van der Waals surface area contributed by atoms with E-state index in [9.17, 15) is 9.59 Å². The maximum Gasteiger partial charge on any atom is 0.269 e. The van der Waals surface area contributed by atoms with E-state index < -0.39 is 4.87 Å². The Kier molecular flexibility index (Phi) is 4.60. The number of halogens is 1. The number of aryl methyl sites for hydroxylation is 1. The zero-order chi connectivity index (χ0) is 20.9. The van der Waals surface area contributed by atoms with Crippen molar-refractivity contribution in [2.75, 3.05) is 15.6 Å². The molecule has 6 heteroatoms. The van der Waals surface area contributed by atoms with Gasteiger partial charge in [0, 0.05) is 16.3 Å². The van der Waals surface area contributed by atoms with Gasteiger partial charge in [0.15, 0.2) is 0 Å². The number of para-hydroxylation sites is 1. The normalized spacial score (nSPS) is 20.3. The van der Waals surface area contributed by atoms with Crippen LogP contribution in [0.25, 0.3) is 0 Å². The van der Waals surface area contributed by atoms with Crippen molar-refractivity contribution in [3.63, 3.8) is 0 Å². The highest BCUT2D eigenvalue weighted by atomic mass is 35.5. The number of hydrogen-bond donors (Lipinski definition) is 0. The largest absolute Gasteiger partial charge is 0.304 e. The first-order valence-electron chi connectivity index (χ1n) is 9.71. The lowest BCUT2D eigenvalue weighted by atomic mass is 10.0. The lowest BCUT2D eigenvalue weighted by molar-refractivity contribution is -0.123. The van der Waals surface area contributed by atoms with Crippen LogP contribution in [0.15, 0.2) is 72.8 Å². The highest BCUT2D eigenvalue weighted by molar-refractivity contribution is 8.02. The Bertz CT molecular complexity index is 1160. The van der Waals surface area contributed by atoms with E-state index in [1.54, 1.807) is 9.80 Å². The van der Waals surface area contributed by atoms with Crippen molar-refractivity contribution < 1.29 is 9.59 Å². The first kappa shape index (κ1) is 19.2. The molecule has 2 amide bonds. The van der Waals surface area contributed by atoms with E-state index in [0.717, 1.165) is 28.1 Å². The summed E-state index contributed by atoms with van der Waals surface area (Å²) in [5.41, 5.74) is 4.37. The van der Waals surface area contributed by atoms with Gasteiger partial charge in [-0.2, -0.15) is 0 Å². The number of carbonyl (C=O) groups excluding carboxylic acids is 2. The molecular weight excluding hydrogens is 416 g/mol. The van der Waals surface area contributed by atoms with E-state index in [4.69, 9.17) is 11.6 Å². The molecule has 0 N–H and O–H groups in total. The van der Waals surface area contributed by atoms with Gasteiger partial charge < -0.3 is 4.90 Å². The first-order chi connectivity index (χ1) is 14.5. The molecule has 2 aliphatic rings. The maximum absolute atomic E-state index is 14.0. The summed E-state index contributed by atoms with van der Waals surface area (Å²) in [6.07, 6.45) is 0. The average molecular weight is 435 g/mol. The third-order valence-corrected chi connectivity index (χ3v) is 7.40. The minimum Gasteiger partial charge on any atom is -0.304 e. The molecule has 0 unspecified atom stereocenters. The van der Waals surface area contributed by atoms with E-state index in [2.05, 4.69) is 0 Å². The molecule has 3 aromatic rings. The smallest absolute Gasteiger partial charge is 0.269 e. The van der Waals surface area contributed by atoms with E-state index in [1.807, 2.05) is 79.7 Å². The van der Waals surface area contributed by atoms with Crippen LogP contribution in [-0.4, -0.2) is 17.6 Å². The summed E-state index contributed by atoms with van der Waals surface area (Å²) in [6, 6.07) is 23.0. The van der Waals surface area contributed by atoms with Gasteiger partial charge in [-0.25, -0.2) is 0 Å². The molecule has 1 fully saturated rings. The van der Waals surface area contributed by atoms with Crippen LogP contribution in [0.2, 0.25) is 5.02 Å². The zero-order valence-electron chi connectivity index (χ0n) is 16.3. The lowest BCUT2D eigenvalue weighted by Gasteiger charge is -2.33. The molecule has 30 heavy (non-hydrogen) atoms. The quantitative estimate of drug-likeness (QED) is 0.574. The Morgan fingerprint density at radius 1 is 0.967 bits per heavy atom. The third-order valence-electron chi connectivity index (χ3n) is 5.64. The van der Waals surface area contributed by atoms with E-state index in [0.29, 0.717) is 11.6 Å². The van der Waals surface area contributed by atoms with Gasteiger partial charge in [-0.15, -0.1) is 11.8 Å². The molecule has 2 aliphatic heterocycles. The van der Waals surface area contributed by atoms with Gasteiger partial charge in [0.05, 0.1) is 18.0 Å². The fourth-order valence-corrected chi connectivity index (χ4v) is 5.76. The molecule has 2 heterocycles. The van der Waals surface area contributed by atoms with Crippen LogP contribution in [0.4, 0.5) is 11.4 Å². The second kappa shape index (κ2) is 7.18. The molecule has 1 atom stereocenters. The summed E-state index contributed by atoms with van der Waals surface area (Å²) < 4.78 is 0. The molecule has 0 aliphatic carbocycles. The lowest BCUT2D eigenvalue weighted by Crippen LogP contribution is -2.49. The summed E-state index contributed by atoms with van der Waals surface area (Å²) >= 11 is 7.77. The monoisotopic (exact) mass is 434 g/mol. The Morgan fingerprint density at radius 3 is 2.43 bits per heavy atom. The molecule has 1 saturated heterocycles. The number of carbonyl (C=O) groups is 2. The number of amides is 2. The number of hydrogen-bond acceptors (Lipinski definition) is 3. The second-order valence-electron chi connectivity index (χ2n) is 7.50. The topological polar surface area (TPSA) is 40.6 Å². The SMILES string of the molecule is Cc1ccc(N2C(=O)CS[C@]23C(=O)N(Cc2ccccc2Cl)c2ccccc23)cc1. The number of fused-ring (bicyclic) bond motifs is 2. The third kappa shape index (κ3) is 2.76. The molecule has 0 radical (unpaired) electrons. The van der Waals surface area contributed by atoms with Crippen molar-refractivity contribution in [1.29, 1.82) is 0 Å². The summed E-state index contributed by atoms with van der Waals surface area (Å²) in [7, 11) is 0. The molecule has 4 nitrogen and oxygen atoms in total. The van der Waals surface area contributed by atoms with Crippen LogP contribution < -0.4 is 9.80 Å². The van der Waals surface area contributed by atoms with Crippen molar-refractivity contribution in [2.45, 2.75) is 18.3 Å². The van der Waals surface area contributed by atoms with Crippen LogP contribution >= 0.6 is 23.4 Å². The fourth-order valence-electron chi connectivity index (χ4n) is 4.20. The highest BCUT2D eigenvalue weighted by Crippen LogP contribution is 2.56. The number of thioether (sulfide) groups is 1. The molecule has 1 spiro atoms. The number of rotatable bonds is 3. The van der Waals surface area contributed by atoms with Gasteiger partial charge in [-0.3, -0.25) is 14.5 Å². The first-order valence-corrected chi connectivity index (χ1v) is 11.1. The highest BCUT2D eigenvalue weighted by Gasteiger charge is 2.60. The number of benzene rings is 3. The fraction of sp³-hybridized carbons (Fsp3) is 0.167. The van der Waals surface area contributed by atoms with Crippen molar-refractivity contribution in [1.82, 2.24) is 0 Å². The van der Waals surface area contributed by atoms with Gasteiger partial charge in [0.25, 0.3) is 5.91 Å². The molecule has 0 bridgehead atoms. The van der Waals surface area contributed by atoms with Gasteiger partial charge in [-0.1, -0.05) is 65.7 Å². The van der Waals surface area contributed by atoms with Gasteiger partial charge in [0.2, 0.25) is 10.8 Å². The summed E-state index contributed by atoms with van der Waals surface area (Å²) in [5, 5.41) is 0.620. The predicted octanol–water partition coefficient (Wildman–Crippen LogP) is 5.13. The molecule has 3 aromatic carbocycles. The summed E-state index contributed by atoms with van der Waals surface area (Å²) in [5.74, 6) is 0.0834. The molecule has 0 aromatic heterocycles. The van der Waals surface area contributed by atoms with Gasteiger partial charge >= 0.3 is 0 Å². The Hall–Kier alpha value is -2.76. The van der Waals surface area contributed by atoms with Gasteiger partial charge in [-0.05, 0) is 36.8 Å². The molecule has 150 valence electrons.